The minimum absolute atomic E-state index is 0.194. The number of aromatic nitrogens is 2. The molecule has 0 radical (unpaired) electrons. The van der Waals surface area contributed by atoms with Crippen molar-refractivity contribution >= 4 is 22.8 Å². The number of nitrogens with two attached hydrogens (primary N) is 1. The topological polar surface area (TPSA) is 80.9 Å². The van der Waals surface area contributed by atoms with E-state index in [1.54, 1.807) is 0 Å². The molecule has 3 N–H and O–H groups in total. The predicted octanol–water partition coefficient (Wildman–Crippen LogP) is 2.51. The monoisotopic (exact) mass is 306 g/mol. The van der Waals surface area contributed by atoms with Crippen molar-refractivity contribution in [1.82, 2.24) is 9.97 Å². The lowest BCUT2D eigenvalue weighted by Gasteiger charge is -2.35. The van der Waals surface area contributed by atoms with E-state index in [1.807, 2.05) is 0 Å². The van der Waals surface area contributed by atoms with Crippen LogP contribution in [0.1, 0.15) is 32.1 Å². The molecule has 1 amide bonds. The van der Waals surface area contributed by atoms with Crippen LogP contribution in [0.4, 0.5) is 14.7 Å². The van der Waals surface area contributed by atoms with Gasteiger partial charge in [-0.25, -0.2) is 18.7 Å². The van der Waals surface area contributed by atoms with E-state index in [0.29, 0.717) is 18.2 Å². The number of amides is 1. The number of hydrogen-bond donors (Lipinski definition) is 2. The summed E-state index contributed by atoms with van der Waals surface area (Å²) in [7, 11) is 0. The Morgan fingerprint density at radius 2 is 1.86 bits per heavy atom. The van der Waals surface area contributed by atoms with Gasteiger partial charge in [0.05, 0.1) is 5.52 Å². The Hall–Kier alpha value is -2.31. The van der Waals surface area contributed by atoms with Crippen LogP contribution in [0.3, 0.4) is 0 Å². The standard InChI is InChI=1S/C15H16F2N4O/c16-10-6-9-8-19-14(20-12(9)7-11(10)17)21-15(13(18)22)4-2-1-3-5-15/h6-8H,1-5H2,(H2,18,22)(H,19,20,21). The fourth-order valence-electron chi connectivity index (χ4n) is 2.89. The van der Waals surface area contributed by atoms with Gasteiger partial charge in [0.25, 0.3) is 0 Å². The Morgan fingerprint density at radius 1 is 1.18 bits per heavy atom. The SMILES string of the molecule is NC(=O)C1(Nc2ncc3cc(F)c(F)cc3n2)CCCCC1. The summed E-state index contributed by atoms with van der Waals surface area (Å²) in [4.78, 5) is 20.1. The molecule has 0 bridgehead atoms. The molecule has 7 heteroatoms. The van der Waals surface area contributed by atoms with Crippen LogP contribution in [0, 0.1) is 11.6 Å². The van der Waals surface area contributed by atoms with Gasteiger partial charge in [-0.3, -0.25) is 4.79 Å². The van der Waals surface area contributed by atoms with Gasteiger partial charge >= 0.3 is 0 Å². The lowest BCUT2D eigenvalue weighted by molar-refractivity contribution is -0.123. The third-order valence-corrected chi connectivity index (χ3v) is 4.15. The van der Waals surface area contributed by atoms with Gasteiger partial charge in [-0.15, -0.1) is 0 Å². The van der Waals surface area contributed by atoms with Crippen LogP contribution in [0.2, 0.25) is 0 Å². The number of anilines is 1. The van der Waals surface area contributed by atoms with Crippen molar-refractivity contribution in [3.05, 3.63) is 30.0 Å². The molecule has 3 rings (SSSR count). The van der Waals surface area contributed by atoms with E-state index in [4.69, 9.17) is 5.73 Å². The molecular weight excluding hydrogens is 290 g/mol. The zero-order chi connectivity index (χ0) is 15.7. The van der Waals surface area contributed by atoms with Gasteiger partial charge in [-0.05, 0) is 18.9 Å². The Labute approximate surface area is 125 Å². The third-order valence-electron chi connectivity index (χ3n) is 4.15. The molecule has 0 spiro atoms. The summed E-state index contributed by atoms with van der Waals surface area (Å²) in [6.07, 6.45) is 5.46. The van der Waals surface area contributed by atoms with Gasteiger partial charge in [0.2, 0.25) is 11.9 Å². The molecule has 0 unspecified atom stereocenters. The smallest absolute Gasteiger partial charge is 0.243 e. The summed E-state index contributed by atoms with van der Waals surface area (Å²) in [5.74, 6) is -2.17. The van der Waals surface area contributed by atoms with Crippen LogP contribution in [-0.2, 0) is 4.79 Å². The average molecular weight is 306 g/mol. The van der Waals surface area contributed by atoms with Crippen LogP contribution < -0.4 is 11.1 Å². The van der Waals surface area contributed by atoms with Crippen molar-refractivity contribution < 1.29 is 13.6 Å². The Morgan fingerprint density at radius 3 is 2.55 bits per heavy atom. The van der Waals surface area contributed by atoms with Crippen molar-refractivity contribution in [3.8, 4) is 0 Å². The van der Waals surface area contributed by atoms with Crippen molar-refractivity contribution in [2.75, 3.05) is 5.32 Å². The lowest BCUT2D eigenvalue weighted by atomic mass is 9.81. The summed E-state index contributed by atoms with van der Waals surface area (Å²) in [6, 6.07) is 2.05. The van der Waals surface area contributed by atoms with Gasteiger partial charge in [-0.1, -0.05) is 19.3 Å². The second-order valence-corrected chi connectivity index (χ2v) is 5.65. The Balaban J connectivity index is 1.95. The number of nitrogens with zero attached hydrogens (tertiary/aromatic N) is 2. The van der Waals surface area contributed by atoms with Crippen molar-refractivity contribution in [2.24, 2.45) is 5.73 Å². The van der Waals surface area contributed by atoms with Crippen molar-refractivity contribution in [1.29, 1.82) is 0 Å². The van der Waals surface area contributed by atoms with Crippen molar-refractivity contribution in [2.45, 2.75) is 37.6 Å². The zero-order valence-electron chi connectivity index (χ0n) is 11.9. The highest BCUT2D eigenvalue weighted by molar-refractivity contribution is 5.88. The van der Waals surface area contributed by atoms with E-state index in [2.05, 4.69) is 15.3 Å². The molecule has 1 aromatic carbocycles. The van der Waals surface area contributed by atoms with Crippen LogP contribution in [0.25, 0.3) is 10.9 Å². The second kappa shape index (κ2) is 5.47. The largest absolute Gasteiger partial charge is 0.368 e. The highest BCUT2D eigenvalue weighted by Crippen LogP contribution is 2.31. The number of fused-ring (bicyclic) bond motifs is 1. The van der Waals surface area contributed by atoms with E-state index >= 15 is 0 Å². The number of carbonyl (C=O) groups excluding carboxylic acids is 1. The van der Waals surface area contributed by atoms with Gasteiger partial charge < -0.3 is 11.1 Å². The second-order valence-electron chi connectivity index (χ2n) is 5.65. The van der Waals surface area contributed by atoms with E-state index in [-0.39, 0.29) is 11.5 Å². The van der Waals surface area contributed by atoms with Gasteiger partial charge in [-0.2, -0.15) is 0 Å². The summed E-state index contributed by atoms with van der Waals surface area (Å²) in [5.41, 5.74) is 4.94. The van der Waals surface area contributed by atoms with Gasteiger partial charge in [0.1, 0.15) is 5.54 Å². The molecule has 5 nitrogen and oxygen atoms in total. The summed E-state index contributed by atoms with van der Waals surface area (Å²) in [5, 5.41) is 3.40. The van der Waals surface area contributed by atoms with E-state index in [9.17, 15) is 13.6 Å². The van der Waals surface area contributed by atoms with Crippen LogP contribution >= 0.6 is 0 Å². The summed E-state index contributed by atoms with van der Waals surface area (Å²) in [6.45, 7) is 0. The highest BCUT2D eigenvalue weighted by atomic mass is 19.2. The molecule has 22 heavy (non-hydrogen) atoms. The molecule has 1 aliphatic carbocycles. The normalized spacial score (nSPS) is 17.4. The molecule has 1 aliphatic rings. The fourth-order valence-corrected chi connectivity index (χ4v) is 2.89. The maximum absolute atomic E-state index is 13.3. The van der Waals surface area contributed by atoms with E-state index in [0.717, 1.165) is 31.4 Å². The van der Waals surface area contributed by atoms with E-state index in [1.165, 1.54) is 6.20 Å². The molecule has 1 fully saturated rings. The maximum atomic E-state index is 13.3. The first-order chi connectivity index (χ1) is 10.5. The molecule has 2 aromatic rings. The number of rotatable bonds is 3. The minimum atomic E-state index is -0.973. The quantitative estimate of drug-likeness (QED) is 0.913. The molecule has 0 atom stereocenters. The number of benzene rings is 1. The molecular formula is C15H16F2N4O. The average Bonchev–Trinajstić information content (AvgIpc) is 2.49. The first kappa shape index (κ1) is 14.6. The number of hydrogen-bond acceptors (Lipinski definition) is 4. The fraction of sp³-hybridized carbons (Fsp3) is 0.400. The number of nitrogens with one attached hydrogen (secondary N) is 1. The lowest BCUT2D eigenvalue weighted by Crippen LogP contribution is -2.52. The molecule has 116 valence electrons. The molecule has 1 saturated carbocycles. The Bertz CT molecular complexity index is 729. The molecule has 0 aliphatic heterocycles. The predicted molar refractivity (Wildman–Crippen MR) is 78.1 cm³/mol. The van der Waals surface area contributed by atoms with Crippen LogP contribution in [0.5, 0.6) is 0 Å². The number of carbonyl (C=O) groups is 1. The summed E-state index contributed by atoms with van der Waals surface area (Å²) < 4.78 is 26.5. The maximum Gasteiger partial charge on any atom is 0.243 e. The van der Waals surface area contributed by atoms with Crippen molar-refractivity contribution in [3.63, 3.8) is 0 Å². The number of halogens is 2. The first-order valence-electron chi connectivity index (χ1n) is 7.20. The third kappa shape index (κ3) is 2.58. The first-order valence-corrected chi connectivity index (χ1v) is 7.20. The van der Waals surface area contributed by atoms with Crippen LogP contribution in [-0.4, -0.2) is 21.4 Å². The highest BCUT2D eigenvalue weighted by Gasteiger charge is 2.38. The van der Waals surface area contributed by atoms with Crippen LogP contribution in [0.15, 0.2) is 18.3 Å². The van der Waals surface area contributed by atoms with E-state index < -0.39 is 23.1 Å². The molecule has 1 heterocycles. The summed E-state index contributed by atoms with van der Waals surface area (Å²) >= 11 is 0. The molecule has 1 aromatic heterocycles. The Kier molecular flexibility index (Phi) is 3.64. The van der Waals surface area contributed by atoms with Gasteiger partial charge in [0, 0.05) is 17.6 Å². The zero-order valence-corrected chi connectivity index (χ0v) is 11.9. The molecule has 0 saturated heterocycles. The van der Waals surface area contributed by atoms with Gasteiger partial charge in [0.15, 0.2) is 11.6 Å². The minimum Gasteiger partial charge on any atom is -0.368 e. The number of primary amides is 1.